The van der Waals surface area contributed by atoms with Crippen molar-refractivity contribution >= 4 is 17.7 Å². The highest BCUT2D eigenvalue weighted by Gasteiger charge is 2.41. The molecule has 0 spiro atoms. The molecule has 1 aliphatic heterocycles. The van der Waals surface area contributed by atoms with Gasteiger partial charge in [-0.05, 0) is 30.5 Å². The Morgan fingerprint density at radius 1 is 0.846 bits per heavy atom. The van der Waals surface area contributed by atoms with Crippen molar-refractivity contribution in [3.8, 4) is 0 Å². The third-order valence-corrected chi connectivity index (χ3v) is 4.72. The number of fused-ring (bicyclic) bond motifs is 1. The number of hydrogen-bond acceptors (Lipinski definition) is 3. The Morgan fingerprint density at radius 3 is 1.85 bits per heavy atom. The Bertz CT molecular complexity index is 810. The molecule has 2 aromatic carbocycles. The van der Waals surface area contributed by atoms with Gasteiger partial charge in [0.1, 0.15) is 6.04 Å². The first kappa shape index (κ1) is 17.9. The van der Waals surface area contributed by atoms with E-state index < -0.39 is 17.9 Å². The van der Waals surface area contributed by atoms with Crippen LogP contribution in [0, 0.1) is 5.92 Å². The molecule has 2 aromatic rings. The molecule has 26 heavy (non-hydrogen) atoms. The SMILES string of the molecule is CC(C)[C@@H](NC(=O)[C@H](C)N1C(=O)c2ccccc2C1=O)c1ccccc1. The Morgan fingerprint density at radius 2 is 1.35 bits per heavy atom. The maximum absolute atomic E-state index is 12.8. The van der Waals surface area contributed by atoms with E-state index in [4.69, 9.17) is 0 Å². The van der Waals surface area contributed by atoms with Crippen LogP contribution >= 0.6 is 0 Å². The summed E-state index contributed by atoms with van der Waals surface area (Å²) < 4.78 is 0. The monoisotopic (exact) mass is 350 g/mol. The van der Waals surface area contributed by atoms with Crippen LogP contribution in [-0.4, -0.2) is 28.7 Å². The quantitative estimate of drug-likeness (QED) is 0.842. The van der Waals surface area contributed by atoms with Crippen LogP contribution in [0.1, 0.15) is 53.1 Å². The molecule has 1 aliphatic rings. The smallest absolute Gasteiger partial charge is 0.262 e. The number of rotatable bonds is 5. The van der Waals surface area contributed by atoms with Crippen LogP contribution in [0.15, 0.2) is 54.6 Å². The Balaban J connectivity index is 1.80. The van der Waals surface area contributed by atoms with Gasteiger partial charge in [-0.25, -0.2) is 0 Å². The molecule has 0 radical (unpaired) electrons. The second kappa shape index (κ2) is 7.12. The van der Waals surface area contributed by atoms with Crippen molar-refractivity contribution in [2.75, 3.05) is 0 Å². The molecule has 5 nitrogen and oxygen atoms in total. The fourth-order valence-corrected chi connectivity index (χ4v) is 3.25. The van der Waals surface area contributed by atoms with Crippen molar-refractivity contribution in [3.63, 3.8) is 0 Å². The molecule has 134 valence electrons. The number of imide groups is 1. The standard InChI is InChI=1S/C21H22N2O3/c1-13(2)18(15-9-5-4-6-10-15)22-19(24)14(3)23-20(25)16-11-7-8-12-17(16)21(23)26/h4-14,18H,1-3H3,(H,22,24)/t14-,18+/m0/s1. The zero-order valence-corrected chi connectivity index (χ0v) is 15.1. The highest BCUT2D eigenvalue weighted by molar-refractivity contribution is 6.22. The van der Waals surface area contributed by atoms with Crippen LogP contribution < -0.4 is 5.32 Å². The number of benzene rings is 2. The van der Waals surface area contributed by atoms with E-state index in [0.29, 0.717) is 11.1 Å². The molecule has 0 saturated heterocycles. The van der Waals surface area contributed by atoms with Gasteiger partial charge in [-0.3, -0.25) is 19.3 Å². The largest absolute Gasteiger partial charge is 0.347 e. The summed E-state index contributed by atoms with van der Waals surface area (Å²) in [7, 11) is 0. The van der Waals surface area contributed by atoms with Crippen LogP contribution in [0.25, 0.3) is 0 Å². The first-order valence-electron chi connectivity index (χ1n) is 8.74. The average Bonchev–Trinajstić information content (AvgIpc) is 2.90. The second-order valence-corrected chi connectivity index (χ2v) is 6.84. The van der Waals surface area contributed by atoms with Gasteiger partial charge in [-0.15, -0.1) is 0 Å². The molecule has 2 atom stereocenters. The lowest BCUT2D eigenvalue weighted by Crippen LogP contribution is -2.49. The van der Waals surface area contributed by atoms with Gasteiger partial charge in [0.25, 0.3) is 11.8 Å². The lowest BCUT2D eigenvalue weighted by atomic mass is 9.95. The van der Waals surface area contributed by atoms with Crippen molar-refractivity contribution in [3.05, 3.63) is 71.3 Å². The molecule has 0 aliphatic carbocycles. The van der Waals surface area contributed by atoms with E-state index in [1.165, 1.54) is 0 Å². The molecule has 0 unspecified atom stereocenters. The Labute approximate surface area is 153 Å². The van der Waals surface area contributed by atoms with Crippen LogP contribution in [0.4, 0.5) is 0 Å². The average molecular weight is 350 g/mol. The molecule has 0 bridgehead atoms. The second-order valence-electron chi connectivity index (χ2n) is 6.84. The zero-order chi connectivity index (χ0) is 18.8. The summed E-state index contributed by atoms with van der Waals surface area (Å²) in [6.45, 7) is 5.62. The molecular formula is C21H22N2O3. The van der Waals surface area contributed by atoms with E-state index in [-0.39, 0.29) is 17.9 Å². The molecule has 3 amide bonds. The lowest BCUT2D eigenvalue weighted by Gasteiger charge is -2.27. The molecule has 3 rings (SSSR count). The minimum absolute atomic E-state index is 0.163. The predicted molar refractivity (Wildman–Crippen MR) is 98.6 cm³/mol. The molecule has 0 aromatic heterocycles. The van der Waals surface area contributed by atoms with Gasteiger partial charge in [-0.2, -0.15) is 0 Å². The summed E-state index contributed by atoms with van der Waals surface area (Å²) in [5, 5.41) is 2.99. The maximum Gasteiger partial charge on any atom is 0.262 e. The van der Waals surface area contributed by atoms with E-state index in [1.807, 2.05) is 44.2 Å². The topological polar surface area (TPSA) is 66.5 Å². The number of carbonyl (C=O) groups excluding carboxylic acids is 3. The van der Waals surface area contributed by atoms with Gasteiger partial charge in [0.15, 0.2) is 0 Å². The van der Waals surface area contributed by atoms with Crippen LogP contribution in [0.5, 0.6) is 0 Å². The summed E-state index contributed by atoms with van der Waals surface area (Å²) in [5.41, 5.74) is 1.69. The fraction of sp³-hybridized carbons (Fsp3) is 0.286. The predicted octanol–water partition coefficient (Wildman–Crippen LogP) is 3.18. The molecule has 5 heteroatoms. The van der Waals surface area contributed by atoms with E-state index in [2.05, 4.69) is 5.32 Å². The number of nitrogens with one attached hydrogen (secondary N) is 1. The van der Waals surface area contributed by atoms with Crippen molar-refractivity contribution < 1.29 is 14.4 Å². The van der Waals surface area contributed by atoms with Crippen molar-refractivity contribution in [1.29, 1.82) is 0 Å². The summed E-state index contributed by atoms with van der Waals surface area (Å²) in [5.74, 6) is -1.03. The highest BCUT2D eigenvalue weighted by atomic mass is 16.2. The highest BCUT2D eigenvalue weighted by Crippen LogP contribution is 2.26. The zero-order valence-electron chi connectivity index (χ0n) is 15.1. The third kappa shape index (κ3) is 3.12. The molecular weight excluding hydrogens is 328 g/mol. The lowest BCUT2D eigenvalue weighted by molar-refractivity contribution is -0.125. The van der Waals surface area contributed by atoms with Gasteiger partial charge in [-0.1, -0.05) is 56.3 Å². The van der Waals surface area contributed by atoms with Crippen LogP contribution in [-0.2, 0) is 4.79 Å². The van der Waals surface area contributed by atoms with Crippen LogP contribution in [0.2, 0.25) is 0 Å². The van der Waals surface area contributed by atoms with Gasteiger partial charge in [0, 0.05) is 0 Å². The Kier molecular flexibility index (Phi) is 4.89. The molecule has 0 fully saturated rings. The summed E-state index contributed by atoms with van der Waals surface area (Å²) in [4.78, 5) is 39.0. The van der Waals surface area contributed by atoms with Gasteiger partial charge in [0.05, 0.1) is 17.2 Å². The van der Waals surface area contributed by atoms with E-state index >= 15 is 0 Å². The fourth-order valence-electron chi connectivity index (χ4n) is 3.25. The first-order valence-corrected chi connectivity index (χ1v) is 8.74. The first-order chi connectivity index (χ1) is 12.4. The van der Waals surface area contributed by atoms with E-state index in [0.717, 1.165) is 10.5 Å². The van der Waals surface area contributed by atoms with Gasteiger partial charge >= 0.3 is 0 Å². The number of amides is 3. The Hall–Kier alpha value is -2.95. The molecule has 0 saturated carbocycles. The third-order valence-electron chi connectivity index (χ3n) is 4.72. The normalized spacial score (nSPS) is 15.8. The molecule has 1 N–H and O–H groups in total. The molecule has 1 heterocycles. The van der Waals surface area contributed by atoms with Gasteiger partial charge < -0.3 is 5.32 Å². The van der Waals surface area contributed by atoms with Crippen molar-refractivity contribution in [1.82, 2.24) is 10.2 Å². The maximum atomic E-state index is 12.8. The number of carbonyl (C=O) groups is 3. The number of nitrogens with zero attached hydrogens (tertiary/aromatic N) is 1. The van der Waals surface area contributed by atoms with E-state index in [9.17, 15) is 14.4 Å². The van der Waals surface area contributed by atoms with Crippen LogP contribution in [0.3, 0.4) is 0 Å². The van der Waals surface area contributed by atoms with Crippen molar-refractivity contribution in [2.24, 2.45) is 5.92 Å². The van der Waals surface area contributed by atoms with E-state index in [1.54, 1.807) is 31.2 Å². The minimum Gasteiger partial charge on any atom is -0.347 e. The van der Waals surface area contributed by atoms with Crippen molar-refractivity contribution in [2.45, 2.75) is 32.9 Å². The summed E-state index contributed by atoms with van der Waals surface area (Å²) >= 11 is 0. The summed E-state index contributed by atoms with van der Waals surface area (Å²) in [6.07, 6.45) is 0. The minimum atomic E-state index is -0.882. The number of hydrogen-bond donors (Lipinski definition) is 1. The van der Waals surface area contributed by atoms with Gasteiger partial charge in [0.2, 0.25) is 5.91 Å². The summed E-state index contributed by atoms with van der Waals surface area (Å²) in [6, 6.07) is 15.2.